The van der Waals surface area contributed by atoms with Crippen molar-refractivity contribution in [3.05, 3.63) is 40.3 Å². The molecule has 0 saturated carbocycles. The Kier molecular flexibility index (Phi) is 3.37. The molecule has 0 unspecified atom stereocenters. The van der Waals surface area contributed by atoms with Crippen LogP contribution in [0.1, 0.15) is 10.4 Å². The molecule has 19 heavy (non-hydrogen) atoms. The van der Waals surface area contributed by atoms with Crippen molar-refractivity contribution in [3.8, 4) is 11.7 Å². The second-order valence-corrected chi connectivity index (χ2v) is 3.74. The monoisotopic (exact) mass is 263 g/mol. The Morgan fingerprint density at radius 2 is 1.95 bits per heavy atom. The summed E-state index contributed by atoms with van der Waals surface area (Å²) in [6.07, 6.45) is 0. The van der Waals surface area contributed by atoms with Crippen LogP contribution in [-0.4, -0.2) is 34.5 Å². The van der Waals surface area contributed by atoms with E-state index in [9.17, 15) is 9.59 Å². The predicted molar refractivity (Wildman–Crippen MR) is 66.7 cm³/mol. The van der Waals surface area contributed by atoms with Gasteiger partial charge in [0.1, 0.15) is 0 Å². The fourth-order valence-electron chi connectivity index (χ4n) is 1.73. The summed E-state index contributed by atoms with van der Waals surface area (Å²) in [6, 6.07) is 6.69. The third-order valence-corrected chi connectivity index (χ3v) is 2.63. The molecule has 0 spiro atoms. The number of nitrogens with zero attached hydrogens (tertiary/aromatic N) is 3. The molecule has 1 heterocycles. The molecule has 0 aliphatic rings. The summed E-state index contributed by atoms with van der Waals surface area (Å²) in [5.74, 6) is -0.534. The van der Waals surface area contributed by atoms with Gasteiger partial charge in [-0.3, -0.25) is 0 Å². The normalized spacial score (nSPS) is 10.3. The van der Waals surface area contributed by atoms with Gasteiger partial charge in [-0.25, -0.2) is 18.8 Å². The molecule has 0 aliphatic carbocycles. The predicted octanol–water partition coefficient (Wildman–Crippen LogP) is 0.366. The van der Waals surface area contributed by atoms with Crippen LogP contribution < -0.4 is 10.4 Å². The van der Waals surface area contributed by atoms with Crippen LogP contribution in [0, 0.1) is 0 Å². The van der Waals surface area contributed by atoms with Crippen LogP contribution in [0.2, 0.25) is 0 Å². The molecule has 2 aromatic rings. The van der Waals surface area contributed by atoms with Crippen molar-refractivity contribution >= 4 is 5.97 Å². The minimum absolute atomic E-state index is 0.101. The maximum Gasteiger partial charge on any atom is 0.353 e. The summed E-state index contributed by atoms with van der Waals surface area (Å²) in [5, 5.41) is 3.92. The molecule has 7 heteroatoms. The van der Waals surface area contributed by atoms with Gasteiger partial charge in [0.25, 0.3) is 0 Å². The van der Waals surface area contributed by atoms with E-state index in [2.05, 4.69) is 5.10 Å². The van der Waals surface area contributed by atoms with Gasteiger partial charge < -0.3 is 9.47 Å². The van der Waals surface area contributed by atoms with Gasteiger partial charge in [0.2, 0.25) is 0 Å². The number of rotatable bonds is 3. The molecule has 0 saturated heterocycles. The fraction of sp³-hybridized carbons (Fsp3) is 0.250. The molecule has 0 aliphatic heterocycles. The molecule has 2 rings (SSSR count). The largest absolute Gasteiger partial charge is 0.467 e. The first-order chi connectivity index (χ1) is 9.10. The quantitative estimate of drug-likeness (QED) is 0.748. The number of hydrogen-bond acceptors (Lipinski definition) is 5. The Hall–Kier alpha value is -2.57. The molecule has 1 aromatic heterocycles. The molecular weight excluding hydrogens is 250 g/mol. The van der Waals surface area contributed by atoms with Gasteiger partial charge in [0.15, 0.2) is 0 Å². The maximum atomic E-state index is 12.0. The highest BCUT2D eigenvalue weighted by atomic mass is 16.5. The summed E-state index contributed by atoms with van der Waals surface area (Å²) < 4.78 is 12.1. The van der Waals surface area contributed by atoms with E-state index >= 15 is 0 Å². The lowest BCUT2D eigenvalue weighted by Gasteiger charge is -2.08. The molecule has 0 fully saturated rings. The van der Waals surface area contributed by atoms with Crippen LogP contribution in [0.5, 0.6) is 6.01 Å². The maximum absolute atomic E-state index is 12.0. The average molecular weight is 263 g/mol. The van der Waals surface area contributed by atoms with Crippen molar-refractivity contribution in [1.82, 2.24) is 14.3 Å². The number of methoxy groups -OCH3 is 2. The molecule has 0 bridgehead atoms. The number of carbonyl (C=O) groups is 1. The van der Waals surface area contributed by atoms with E-state index in [-0.39, 0.29) is 11.6 Å². The number of hydrogen-bond donors (Lipinski definition) is 0. The summed E-state index contributed by atoms with van der Waals surface area (Å²) >= 11 is 0. The van der Waals surface area contributed by atoms with Crippen LogP contribution in [0.4, 0.5) is 0 Å². The number of aryl methyl sites for hydroxylation is 1. The number of aromatic nitrogens is 3. The molecule has 0 atom stereocenters. The van der Waals surface area contributed by atoms with Gasteiger partial charge in [0, 0.05) is 7.05 Å². The van der Waals surface area contributed by atoms with Crippen LogP contribution in [0.3, 0.4) is 0 Å². The highest BCUT2D eigenvalue weighted by molar-refractivity contribution is 5.93. The number of benzene rings is 1. The number of esters is 1. The number of ether oxygens (including phenoxy) is 2. The van der Waals surface area contributed by atoms with E-state index < -0.39 is 11.7 Å². The Morgan fingerprint density at radius 3 is 2.58 bits per heavy atom. The minimum Gasteiger partial charge on any atom is -0.467 e. The first kappa shape index (κ1) is 12.9. The summed E-state index contributed by atoms with van der Waals surface area (Å²) in [7, 11) is 4.18. The smallest absolute Gasteiger partial charge is 0.353 e. The lowest BCUT2D eigenvalue weighted by molar-refractivity contribution is 0.0600. The molecule has 100 valence electrons. The van der Waals surface area contributed by atoms with E-state index in [4.69, 9.17) is 9.47 Å². The second-order valence-electron chi connectivity index (χ2n) is 3.74. The minimum atomic E-state index is -0.534. The lowest BCUT2D eigenvalue weighted by atomic mass is 10.2. The highest BCUT2D eigenvalue weighted by Crippen LogP contribution is 2.18. The van der Waals surface area contributed by atoms with Crippen molar-refractivity contribution in [1.29, 1.82) is 0 Å². The molecule has 0 radical (unpaired) electrons. The van der Waals surface area contributed by atoms with E-state index in [0.29, 0.717) is 5.69 Å². The van der Waals surface area contributed by atoms with Crippen LogP contribution >= 0.6 is 0 Å². The van der Waals surface area contributed by atoms with E-state index in [0.717, 1.165) is 4.68 Å². The Labute approximate surface area is 109 Å². The molecule has 0 N–H and O–H groups in total. The zero-order valence-corrected chi connectivity index (χ0v) is 10.8. The molecule has 7 nitrogen and oxygen atoms in total. The van der Waals surface area contributed by atoms with E-state index in [1.54, 1.807) is 24.3 Å². The van der Waals surface area contributed by atoms with Gasteiger partial charge in [-0.1, -0.05) is 12.1 Å². The van der Waals surface area contributed by atoms with Crippen LogP contribution in [0.15, 0.2) is 29.1 Å². The number of carbonyl (C=O) groups excluding carboxylic acids is 1. The van der Waals surface area contributed by atoms with Gasteiger partial charge in [-0.15, -0.1) is 5.10 Å². The fourth-order valence-corrected chi connectivity index (χ4v) is 1.73. The second kappa shape index (κ2) is 4.97. The molecule has 1 aromatic carbocycles. The summed E-state index contributed by atoms with van der Waals surface area (Å²) in [6.45, 7) is 0. The zero-order valence-electron chi connectivity index (χ0n) is 10.8. The number of para-hydroxylation sites is 1. The molecule has 0 amide bonds. The lowest BCUT2D eigenvalue weighted by Crippen LogP contribution is -2.23. The van der Waals surface area contributed by atoms with Crippen molar-refractivity contribution in [2.45, 2.75) is 0 Å². The zero-order chi connectivity index (χ0) is 14.0. The van der Waals surface area contributed by atoms with Gasteiger partial charge in [-0.2, -0.15) is 0 Å². The van der Waals surface area contributed by atoms with E-state index in [1.807, 2.05) is 0 Å². The van der Waals surface area contributed by atoms with E-state index in [1.165, 1.54) is 25.8 Å². The van der Waals surface area contributed by atoms with Crippen molar-refractivity contribution < 1.29 is 14.3 Å². The highest BCUT2D eigenvalue weighted by Gasteiger charge is 2.19. The van der Waals surface area contributed by atoms with Crippen molar-refractivity contribution in [2.75, 3.05) is 14.2 Å². The first-order valence-corrected chi connectivity index (χ1v) is 5.48. The van der Waals surface area contributed by atoms with Gasteiger partial charge >= 0.3 is 17.7 Å². The third kappa shape index (κ3) is 2.10. The molecular formula is C12H13N3O4. The van der Waals surface area contributed by atoms with Gasteiger partial charge in [0.05, 0.1) is 25.5 Å². The van der Waals surface area contributed by atoms with Crippen LogP contribution in [-0.2, 0) is 11.8 Å². The third-order valence-electron chi connectivity index (χ3n) is 2.63. The average Bonchev–Trinajstić information content (AvgIpc) is 2.73. The Balaban J connectivity index is 2.73. The van der Waals surface area contributed by atoms with Gasteiger partial charge in [-0.05, 0) is 12.1 Å². The summed E-state index contributed by atoms with van der Waals surface area (Å²) in [5.41, 5.74) is 0.218. The Bertz CT molecular complexity index is 672. The SMILES string of the molecule is COC(=O)c1ccccc1-n1c(OC)nn(C)c1=O. The standard InChI is InChI=1S/C12H13N3O4/c1-14-12(17)15(11(13-14)19-3)9-7-5-4-6-8(9)10(16)18-2/h4-7H,1-3H3. The van der Waals surface area contributed by atoms with Crippen molar-refractivity contribution in [3.63, 3.8) is 0 Å². The van der Waals surface area contributed by atoms with Crippen molar-refractivity contribution in [2.24, 2.45) is 7.05 Å². The summed E-state index contributed by atoms with van der Waals surface area (Å²) in [4.78, 5) is 23.8. The first-order valence-electron chi connectivity index (χ1n) is 5.48. The topological polar surface area (TPSA) is 75.3 Å². The Morgan fingerprint density at radius 1 is 1.26 bits per heavy atom. The van der Waals surface area contributed by atoms with Crippen LogP contribution in [0.25, 0.3) is 5.69 Å².